The number of carboxylic acid groups (broad SMARTS) is 1. The molecule has 1 aliphatic carbocycles. The summed E-state index contributed by atoms with van der Waals surface area (Å²) in [5.41, 5.74) is 3.41. The first-order chi connectivity index (χ1) is 16.3. The molecular weight excluding hydrogens is 454 g/mol. The molecule has 0 amide bonds. The van der Waals surface area contributed by atoms with Gasteiger partial charge in [-0.1, -0.05) is 11.6 Å². The second-order valence-electron chi connectivity index (χ2n) is 9.34. The highest BCUT2D eigenvalue weighted by molar-refractivity contribution is 6.29. The monoisotopic (exact) mass is 481 g/mol. The van der Waals surface area contributed by atoms with E-state index in [1.54, 1.807) is 16.5 Å². The lowest BCUT2D eigenvalue weighted by molar-refractivity contribution is 0.0691. The molecule has 1 atom stereocenters. The highest BCUT2D eigenvalue weighted by Crippen LogP contribution is 2.43. The van der Waals surface area contributed by atoms with Crippen molar-refractivity contribution < 1.29 is 9.90 Å². The fraction of sp³-hybridized carbons (Fsp3) is 0.440. The number of aromatic carboxylic acids is 1. The van der Waals surface area contributed by atoms with Gasteiger partial charge >= 0.3 is 5.97 Å². The van der Waals surface area contributed by atoms with Gasteiger partial charge in [-0.2, -0.15) is 0 Å². The van der Waals surface area contributed by atoms with E-state index in [0.717, 1.165) is 61.3 Å². The summed E-state index contributed by atoms with van der Waals surface area (Å²) in [5, 5.41) is 12.9. The number of hydrogen-bond acceptors (Lipinski definition) is 6. The predicted octanol–water partition coefficient (Wildman–Crippen LogP) is 4.79. The van der Waals surface area contributed by atoms with Crippen molar-refractivity contribution in [3.05, 3.63) is 62.3 Å². The molecule has 5 rings (SSSR count). The zero-order valence-corrected chi connectivity index (χ0v) is 20.1. The Morgan fingerprint density at radius 1 is 1.21 bits per heavy atom. The van der Waals surface area contributed by atoms with Gasteiger partial charge < -0.3 is 15.3 Å². The number of nitrogens with zero attached hydrogens (tertiary/aromatic N) is 4. The number of rotatable bonds is 6. The average Bonchev–Trinajstić information content (AvgIpc) is 3.65. The minimum atomic E-state index is -1.16. The third-order valence-corrected chi connectivity index (χ3v) is 6.86. The summed E-state index contributed by atoms with van der Waals surface area (Å²) in [6.07, 6.45) is 7.31. The molecular formula is C25H28ClN5O3. The van der Waals surface area contributed by atoms with Crippen molar-refractivity contribution in [3.8, 4) is 0 Å². The Balaban J connectivity index is 1.63. The fourth-order valence-corrected chi connectivity index (χ4v) is 4.98. The van der Waals surface area contributed by atoms with Crippen LogP contribution in [0.2, 0.25) is 5.15 Å². The zero-order valence-electron chi connectivity index (χ0n) is 19.3. The minimum absolute atomic E-state index is 0.00427. The minimum Gasteiger partial charge on any atom is -0.476 e. The highest BCUT2D eigenvalue weighted by Gasteiger charge is 2.33. The lowest BCUT2D eigenvalue weighted by atomic mass is 10.1. The van der Waals surface area contributed by atoms with E-state index in [9.17, 15) is 14.7 Å². The molecule has 8 nitrogen and oxygen atoms in total. The molecule has 178 valence electrons. The average molecular weight is 482 g/mol. The number of aromatic nitrogens is 3. The number of carboxylic acids is 1. The Morgan fingerprint density at radius 3 is 2.62 bits per heavy atom. The van der Waals surface area contributed by atoms with Gasteiger partial charge in [-0.05, 0) is 75.6 Å². The van der Waals surface area contributed by atoms with E-state index in [1.165, 1.54) is 6.42 Å². The summed E-state index contributed by atoms with van der Waals surface area (Å²) >= 11 is 5.91. The number of fused-ring (bicyclic) bond motifs is 1. The number of halogens is 1. The quantitative estimate of drug-likeness (QED) is 0.488. The summed E-state index contributed by atoms with van der Waals surface area (Å²) in [4.78, 5) is 36.7. The van der Waals surface area contributed by atoms with Gasteiger partial charge in [0.2, 0.25) is 0 Å². The van der Waals surface area contributed by atoms with Crippen LogP contribution in [-0.2, 0) is 0 Å². The molecule has 3 aromatic rings. The van der Waals surface area contributed by atoms with Crippen molar-refractivity contribution in [2.24, 2.45) is 0 Å². The topological polar surface area (TPSA) is 99.8 Å². The van der Waals surface area contributed by atoms with Crippen LogP contribution in [0.5, 0.6) is 0 Å². The van der Waals surface area contributed by atoms with Gasteiger partial charge in [0, 0.05) is 24.8 Å². The van der Waals surface area contributed by atoms with Crippen LogP contribution in [0.3, 0.4) is 0 Å². The Bertz CT molecular complexity index is 1330. The Kier molecular flexibility index (Phi) is 5.93. The van der Waals surface area contributed by atoms with Gasteiger partial charge in [0.05, 0.1) is 17.3 Å². The molecule has 0 aromatic carbocycles. The summed E-state index contributed by atoms with van der Waals surface area (Å²) in [7, 11) is 0. The molecule has 0 unspecified atom stereocenters. The van der Waals surface area contributed by atoms with Crippen molar-refractivity contribution >= 4 is 34.7 Å². The first kappa shape index (κ1) is 22.7. The Labute approximate surface area is 202 Å². The van der Waals surface area contributed by atoms with E-state index in [1.807, 2.05) is 26.1 Å². The molecule has 9 heteroatoms. The lowest BCUT2D eigenvalue weighted by Crippen LogP contribution is -2.34. The summed E-state index contributed by atoms with van der Waals surface area (Å²) in [6, 6.07) is 4.83. The van der Waals surface area contributed by atoms with Crippen LogP contribution in [-0.4, -0.2) is 38.5 Å². The number of piperidine rings is 1. The van der Waals surface area contributed by atoms with Crippen molar-refractivity contribution in [1.29, 1.82) is 0 Å². The first-order valence-electron chi connectivity index (χ1n) is 11.8. The van der Waals surface area contributed by atoms with Crippen LogP contribution in [0.15, 0.2) is 29.2 Å². The summed E-state index contributed by atoms with van der Waals surface area (Å²) in [5.74, 6) is -0.0578. The van der Waals surface area contributed by atoms with E-state index in [4.69, 9.17) is 16.6 Å². The molecule has 2 N–H and O–H groups in total. The maximum atomic E-state index is 13.7. The summed E-state index contributed by atoms with van der Waals surface area (Å²) in [6.45, 7) is 5.70. The SMILES string of the molecule is Cc1cc([C@@H](C)Nc2ccc(Cl)nc2C(=O)O)c2nc(N3CCCCC3)c(C3CC3)c(=O)n2c1. The number of carbonyl (C=O) groups is 1. The van der Waals surface area contributed by atoms with E-state index < -0.39 is 5.97 Å². The number of aryl methyl sites for hydroxylation is 1. The molecule has 34 heavy (non-hydrogen) atoms. The van der Waals surface area contributed by atoms with Gasteiger partial charge in [-0.25, -0.2) is 14.8 Å². The van der Waals surface area contributed by atoms with Gasteiger partial charge in [-0.3, -0.25) is 9.20 Å². The van der Waals surface area contributed by atoms with E-state index >= 15 is 0 Å². The normalized spacial score (nSPS) is 17.1. The maximum absolute atomic E-state index is 13.7. The maximum Gasteiger partial charge on any atom is 0.356 e. The second kappa shape index (κ2) is 8.91. The van der Waals surface area contributed by atoms with Gasteiger partial charge in [-0.15, -0.1) is 0 Å². The van der Waals surface area contributed by atoms with Crippen molar-refractivity contribution in [2.45, 2.75) is 57.9 Å². The van der Waals surface area contributed by atoms with Crippen LogP contribution < -0.4 is 15.8 Å². The molecule has 2 fully saturated rings. The molecule has 1 aliphatic heterocycles. The standard InChI is InChI=1S/C25H28ClN5O3/c1-14-12-17(15(2)27-18-8-9-19(26)28-21(18)25(33)34)22-29-23(30-10-4-3-5-11-30)20(16-6-7-16)24(32)31(22)13-14/h8-9,12-13,15-16,27H,3-7,10-11H2,1-2H3,(H,33,34)/t15-/m1/s1. The predicted molar refractivity (Wildman–Crippen MR) is 132 cm³/mol. The van der Waals surface area contributed by atoms with Crippen molar-refractivity contribution in [1.82, 2.24) is 14.4 Å². The number of nitrogens with one attached hydrogen (secondary N) is 1. The fourth-order valence-electron chi connectivity index (χ4n) is 4.83. The van der Waals surface area contributed by atoms with E-state index in [-0.39, 0.29) is 28.4 Å². The number of anilines is 2. The van der Waals surface area contributed by atoms with Crippen molar-refractivity contribution in [3.63, 3.8) is 0 Å². The van der Waals surface area contributed by atoms with E-state index in [2.05, 4.69) is 15.2 Å². The zero-order chi connectivity index (χ0) is 24.0. The Hall–Kier alpha value is -3.13. The molecule has 0 bridgehead atoms. The Morgan fingerprint density at radius 2 is 1.94 bits per heavy atom. The van der Waals surface area contributed by atoms with Gasteiger partial charge in [0.25, 0.3) is 5.56 Å². The smallest absolute Gasteiger partial charge is 0.356 e. The molecule has 0 spiro atoms. The lowest BCUT2D eigenvalue weighted by Gasteiger charge is -2.30. The largest absolute Gasteiger partial charge is 0.476 e. The van der Waals surface area contributed by atoms with E-state index in [0.29, 0.717) is 11.3 Å². The van der Waals surface area contributed by atoms with Crippen LogP contribution in [0.1, 0.15) is 78.2 Å². The second-order valence-corrected chi connectivity index (χ2v) is 9.73. The molecule has 4 heterocycles. The van der Waals surface area contributed by atoms with Gasteiger partial charge in [0.15, 0.2) is 5.69 Å². The molecule has 1 saturated carbocycles. The summed E-state index contributed by atoms with van der Waals surface area (Å²) < 4.78 is 1.67. The van der Waals surface area contributed by atoms with Crippen LogP contribution >= 0.6 is 11.6 Å². The van der Waals surface area contributed by atoms with Crippen LogP contribution in [0, 0.1) is 6.92 Å². The first-order valence-corrected chi connectivity index (χ1v) is 12.2. The third-order valence-electron chi connectivity index (χ3n) is 6.65. The molecule has 1 saturated heterocycles. The van der Waals surface area contributed by atoms with Crippen LogP contribution in [0.25, 0.3) is 5.65 Å². The van der Waals surface area contributed by atoms with Crippen LogP contribution in [0.4, 0.5) is 11.5 Å². The van der Waals surface area contributed by atoms with Gasteiger partial charge in [0.1, 0.15) is 16.6 Å². The third kappa shape index (κ3) is 4.22. The molecule has 3 aromatic heterocycles. The molecule has 2 aliphatic rings. The highest BCUT2D eigenvalue weighted by atomic mass is 35.5. The number of pyridine rings is 2. The molecule has 0 radical (unpaired) electrons. The number of hydrogen-bond donors (Lipinski definition) is 2. The van der Waals surface area contributed by atoms with Crippen molar-refractivity contribution in [2.75, 3.05) is 23.3 Å².